The van der Waals surface area contributed by atoms with E-state index >= 15 is 0 Å². The number of rotatable bonds is 1. The molecule has 0 atom stereocenters. The predicted octanol–water partition coefficient (Wildman–Crippen LogP) is 3.54. The minimum atomic E-state index is -0.342. The highest BCUT2D eigenvalue weighted by atomic mass is 79.9. The molecule has 82 valence electrons. The van der Waals surface area contributed by atoms with Crippen molar-refractivity contribution in [1.82, 2.24) is 4.98 Å². The molecule has 0 aliphatic carbocycles. The van der Waals surface area contributed by atoms with Gasteiger partial charge in [-0.15, -0.1) is 0 Å². The van der Waals surface area contributed by atoms with Crippen molar-refractivity contribution in [2.45, 2.75) is 6.92 Å². The van der Waals surface area contributed by atoms with Crippen LogP contribution in [0.4, 0.5) is 10.1 Å². The Bertz CT molecular complexity index is 541. The van der Waals surface area contributed by atoms with Crippen molar-refractivity contribution >= 4 is 21.6 Å². The van der Waals surface area contributed by atoms with Crippen LogP contribution in [0.3, 0.4) is 0 Å². The van der Waals surface area contributed by atoms with Crippen LogP contribution in [-0.2, 0) is 0 Å². The second-order valence-corrected chi connectivity index (χ2v) is 4.41. The number of nitrogens with two attached hydrogens (primary N) is 1. The molecule has 0 fully saturated rings. The third kappa shape index (κ3) is 1.93. The maximum Gasteiger partial charge on any atom is 0.146 e. The van der Waals surface area contributed by atoms with E-state index in [4.69, 9.17) is 5.73 Å². The molecule has 1 heterocycles. The number of nitrogen functional groups attached to an aromatic ring is 1. The summed E-state index contributed by atoms with van der Waals surface area (Å²) in [4.78, 5) is 4.16. The van der Waals surface area contributed by atoms with E-state index in [0.29, 0.717) is 21.4 Å². The molecule has 1 aromatic carbocycles. The Labute approximate surface area is 101 Å². The van der Waals surface area contributed by atoms with E-state index in [1.165, 1.54) is 0 Å². The summed E-state index contributed by atoms with van der Waals surface area (Å²) in [7, 11) is 0. The van der Waals surface area contributed by atoms with Crippen LogP contribution in [0.15, 0.2) is 34.9 Å². The highest BCUT2D eigenvalue weighted by molar-refractivity contribution is 9.10. The zero-order valence-electron chi connectivity index (χ0n) is 8.67. The summed E-state index contributed by atoms with van der Waals surface area (Å²) in [5, 5.41) is 0. The Kier molecular flexibility index (Phi) is 2.92. The second-order valence-electron chi connectivity index (χ2n) is 3.55. The summed E-state index contributed by atoms with van der Waals surface area (Å²) >= 11 is 3.14. The van der Waals surface area contributed by atoms with Gasteiger partial charge in [-0.2, -0.15) is 0 Å². The van der Waals surface area contributed by atoms with E-state index in [9.17, 15) is 4.39 Å². The van der Waals surface area contributed by atoms with Gasteiger partial charge in [0.2, 0.25) is 0 Å². The maximum absolute atomic E-state index is 13.8. The van der Waals surface area contributed by atoms with E-state index < -0.39 is 0 Å². The number of anilines is 1. The molecular formula is C12H10BrFN2. The molecule has 2 aromatic rings. The quantitative estimate of drug-likeness (QED) is 0.868. The van der Waals surface area contributed by atoms with E-state index in [-0.39, 0.29) is 5.82 Å². The lowest BCUT2D eigenvalue weighted by Gasteiger charge is -2.07. The van der Waals surface area contributed by atoms with Gasteiger partial charge in [0.05, 0.1) is 15.9 Å². The molecule has 0 unspecified atom stereocenters. The fourth-order valence-corrected chi connectivity index (χ4v) is 1.87. The van der Waals surface area contributed by atoms with Gasteiger partial charge in [-0.3, -0.25) is 4.98 Å². The first-order valence-electron chi connectivity index (χ1n) is 4.76. The van der Waals surface area contributed by atoms with Crippen LogP contribution in [0.1, 0.15) is 5.56 Å². The summed E-state index contributed by atoms with van der Waals surface area (Å²) in [5.41, 5.74) is 8.15. The molecule has 0 saturated carbocycles. The van der Waals surface area contributed by atoms with Crippen molar-refractivity contribution in [3.8, 4) is 11.3 Å². The molecule has 0 spiro atoms. The summed E-state index contributed by atoms with van der Waals surface area (Å²) in [6.45, 7) is 1.89. The third-order valence-electron chi connectivity index (χ3n) is 2.26. The Balaban J connectivity index is 2.63. The minimum Gasteiger partial charge on any atom is -0.397 e. The van der Waals surface area contributed by atoms with Gasteiger partial charge in [-0.05, 0) is 46.6 Å². The van der Waals surface area contributed by atoms with Crippen LogP contribution in [0.2, 0.25) is 0 Å². The van der Waals surface area contributed by atoms with Crippen LogP contribution in [0.5, 0.6) is 0 Å². The first-order chi connectivity index (χ1) is 7.59. The normalized spacial score (nSPS) is 10.4. The van der Waals surface area contributed by atoms with Gasteiger partial charge in [0, 0.05) is 11.8 Å². The van der Waals surface area contributed by atoms with Gasteiger partial charge in [-0.1, -0.05) is 6.07 Å². The maximum atomic E-state index is 13.8. The van der Waals surface area contributed by atoms with Crippen molar-refractivity contribution in [3.05, 3.63) is 46.3 Å². The number of benzene rings is 1. The van der Waals surface area contributed by atoms with Crippen molar-refractivity contribution in [1.29, 1.82) is 0 Å². The minimum absolute atomic E-state index is 0.342. The van der Waals surface area contributed by atoms with Crippen LogP contribution in [0.25, 0.3) is 11.3 Å². The lowest BCUT2D eigenvalue weighted by molar-refractivity contribution is 0.624. The highest BCUT2D eigenvalue weighted by Crippen LogP contribution is 2.30. The molecule has 0 aliphatic heterocycles. The third-order valence-corrected chi connectivity index (χ3v) is 2.87. The molecule has 0 saturated heterocycles. The molecule has 2 rings (SSSR count). The van der Waals surface area contributed by atoms with Crippen LogP contribution >= 0.6 is 15.9 Å². The number of hydrogen-bond donors (Lipinski definition) is 1. The Morgan fingerprint density at radius 1 is 1.38 bits per heavy atom. The van der Waals surface area contributed by atoms with Gasteiger partial charge >= 0.3 is 0 Å². The molecule has 2 nitrogen and oxygen atoms in total. The molecule has 0 bridgehead atoms. The second kappa shape index (κ2) is 4.22. The number of aromatic nitrogens is 1. The summed E-state index contributed by atoms with van der Waals surface area (Å²) in [5.74, 6) is -0.342. The molecule has 16 heavy (non-hydrogen) atoms. The predicted molar refractivity (Wildman–Crippen MR) is 66.5 cm³/mol. The smallest absolute Gasteiger partial charge is 0.146 e. The topological polar surface area (TPSA) is 38.9 Å². The van der Waals surface area contributed by atoms with Crippen LogP contribution in [0, 0.1) is 12.7 Å². The molecule has 2 N–H and O–H groups in total. The first kappa shape index (κ1) is 11.1. The van der Waals surface area contributed by atoms with Crippen molar-refractivity contribution < 1.29 is 4.39 Å². The van der Waals surface area contributed by atoms with Crippen LogP contribution in [-0.4, -0.2) is 4.98 Å². The van der Waals surface area contributed by atoms with Gasteiger partial charge in [0.1, 0.15) is 5.82 Å². The van der Waals surface area contributed by atoms with Gasteiger partial charge in [0.15, 0.2) is 0 Å². The van der Waals surface area contributed by atoms with Crippen molar-refractivity contribution in [2.24, 2.45) is 0 Å². The van der Waals surface area contributed by atoms with Gasteiger partial charge in [-0.25, -0.2) is 4.39 Å². The molecule has 0 radical (unpaired) electrons. The van der Waals surface area contributed by atoms with Crippen LogP contribution < -0.4 is 5.73 Å². The first-order valence-corrected chi connectivity index (χ1v) is 5.55. The summed E-state index contributed by atoms with van der Waals surface area (Å²) in [6, 6.07) is 6.84. The number of hydrogen-bond acceptors (Lipinski definition) is 2. The van der Waals surface area contributed by atoms with Gasteiger partial charge < -0.3 is 5.73 Å². The van der Waals surface area contributed by atoms with Crippen molar-refractivity contribution in [3.63, 3.8) is 0 Å². The zero-order chi connectivity index (χ0) is 11.7. The fraction of sp³-hybridized carbons (Fsp3) is 0.0833. The van der Waals surface area contributed by atoms with E-state index in [1.54, 1.807) is 30.5 Å². The lowest BCUT2D eigenvalue weighted by atomic mass is 10.1. The number of halogens is 2. The summed E-state index contributed by atoms with van der Waals surface area (Å²) < 4.78 is 14.2. The largest absolute Gasteiger partial charge is 0.397 e. The average Bonchev–Trinajstić information content (AvgIpc) is 2.23. The van der Waals surface area contributed by atoms with E-state index in [0.717, 1.165) is 5.56 Å². The molecule has 1 aromatic heterocycles. The number of aryl methyl sites for hydroxylation is 1. The Morgan fingerprint density at radius 3 is 2.81 bits per heavy atom. The van der Waals surface area contributed by atoms with E-state index in [2.05, 4.69) is 20.9 Å². The van der Waals surface area contributed by atoms with E-state index in [1.807, 2.05) is 6.92 Å². The molecular weight excluding hydrogens is 271 g/mol. The number of nitrogens with zero attached hydrogens (tertiary/aromatic N) is 1. The summed E-state index contributed by atoms with van der Waals surface area (Å²) in [6.07, 6.45) is 1.67. The van der Waals surface area contributed by atoms with Crippen molar-refractivity contribution in [2.75, 3.05) is 5.73 Å². The molecule has 0 amide bonds. The zero-order valence-corrected chi connectivity index (χ0v) is 10.3. The monoisotopic (exact) mass is 280 g/mol. The van der Waals surface area contributed by atoms with Gasteiger partial charge in [0.25, 0.3) is 0 Å². The Morgan fingerprint density at radius 2 is 2.12 bits per heavy atom. The average molecular weight is 281 g/mol. The Hall–Kier alpha value is -1.42. The standard InChI is InChI=1S/C12H10BrFN2/c1-7-5-10(15)12(16-6-7)8-3-2-4-9(13)11(8)14/h2-6H,15H2,1H3. The number of pyridine rings is 1. The fourth-order valence-electron chi connectivity index (χ4n) is 1.50. The lowest BCUT2D eigenvalue weighted by Crippen LogP contribution is -1.96. The molecule has 0 aliphatic rings. The highest BCUT2D eigenvalue weighted by Gasteiger charge is 2.11. The molecule has 4 heteroatoms. The SMILES string of the molecule is Cc1cnc(-c2cccc(Br)c2F)c(N)c1.